The molecule has 0 saturated heterocycles. The zero-order valence-corrected chi connectivity index (χ0v) is 22.1. The maximum atomic E-state index is 13.2. The molecular weight excluding hydrogens is 496 g/mol. The SMILES string of the molecule is CSCCC(NC(=O)C(N)Cc1cnc[nH]1)C(=O)NC(C(=O)NC(Cc1ccccc1)C(=O)O)C(C)C. The maximum Gasteiger partial charge on any atom is 0.326 e. The molecule has 0 fully saturated rings. The van der Waals surface area contributed by atoms with Crippen LogP contribution < -0.4 is 21.7 Å². The van der Waals surface area contributed by atoms with E-state index in [2.05, 4.69) is 25.9 Å². The van der Waals surface area contributed by atoms with Gasteiger partial charge in [0.15, 0.2) is 0 Å². The van der Waals surface area contributed by atoms with Gasteiger partial charge in [-0.25, -0.2) is 9.78 Å². The zero-order chi connectivity index (χ0) is 27.4. The monoisotopic (exact) mass is 532 g/mol. The lowest BCUT2D eigenvalue weighted by atomic mass is 10.0. The Bertz CT molecular complexity index is 1020. The Hall–Kier alpha value is -3.38. The highest BCUT2D eigenvalue weighted by molar-refractivity contribution is 7.98. The lowest BCUT2D eigenvalue weighted by Crippen LogP contribution is -2.58. The standard InChI is InChI=1S/C25H36N6O5S/c1-15(2)21(24(34)30-20(25(35)36)11-16-7-5-4-6-8-16)31-23(33)19(9-10-37-3)29-22(32)18(26)12-17-13-27-14-28-17/h4-8,13-15,18-21H,9-12,26H2,1-3H3,(H,27,28)(H,29,32)(H,30,34)(H,31,33)(H,35,36). The van der Waals surface area contributed by atoms with Crippen LogP contribution in [0.5, 0.6) is 0 Å². The highest BCUT2D eigenvalue weighted by Gasteiger charge is 2.32. The zero-order valence-electron chi connectivity index (χ0n) is 21.3. The average Bonchev–Trinajstić information content (AvgIpc) is 3.37. The number of rotatable bonds is 15. The van der Waals surface area contributed by atoms with Gasteiger partial charge in [-0.3, -0.25) is 14.4 Å². The van der Waals surface area contributed by atoms with Crippen LogP contribution in [0.4, 0.5) is 0 Å². The lowest BCUT2D eigenvalue weighted by Gasteiger charge is -2.27. The number of aromatic nitrogens is 2. The van der Waals surface area contributed by atoms with Crippen LogP contribution in [0.15, 0.2) is 42.9 Å². The minimum Gasteiger partial charge on any atom is -0.480 e. The number of hydrogen-bond donors (Lipinski definition) is 6. The number of benzene rings is 1. The van der Waals surface area contributed by atoms with Crippen LogP contribution in [-0.4, -0.2) is 74.9 Å². The summed E-state index contributed by atoms with van der Waals surface area (Å²) in [7, 11) is 0. The number of carboxylic acids is 1. The molecule has 0 aliphatic rings. The summed E-state index contributed by atoms with van der Waals surface area (Å²) in [6.45, 7) is 3.49. The van der Waals surface area contributed by atoms with Crippen LogP contribution in [-0.2, 0) is 32.0 Å². The predicted octanol–water partition coefficient (Wildman–Crippen LogP) is 0.470. The van der Waals surface area contributed by atoms with Crippen LogP contribution in [0.2, 0.25) is 0 Å². The minimum absolute atomic E-state index is 0.0985. The summed E-state index contributed by atoms with van der Waals surface area (Å²) in [6, 6.07) is 4.97. The van der Waals surface area contributed by atoms with Crippen LogP contribution in [0.1, 0.15) is 31.5 Å². The van der Waals surface area contributed by atoms with E-state index in [4.69, 9.17) is 5.73 Å². The molecule has 0 aliphatic heterocycles. The molecule has 4 unspecified atom stereocenters. The molecule has 0 saturated carbocycles. The third-order valence-electron chi connectivity index (χ3n) is 5.72. The van der Waals surface area contributed by atoms with Gasteiger partial charge >= 0.3 is 5.97 Å². The summed E-state index contributed by atoms with van der Waals surface area (Å²) in [5.74, 6) is -2.59. The molecule has 7 N–H and O–H groups in total. The van der Waals surface area contributed by atoms with E-state index in [-0.39, 0.29) is 18.8 Å². The fourth-order valence-electron chi connectivity index (χ4n) is 3.61. The molecule has 202 valence electrons. The highest BCUT2D eigenvalue weighted by atomic mass is 32.2. The Kier molecular flexibility index (Phi) is 12.1. The van der Waals surface area contributed by atoms with E-state index in [1.807, 2.05) is 12.3 Å². The molecule has 0 aliphatic carbocycles. The van der Waals surface area contributed by atoms with Gasteiger partial charge in [0.05, 0.1) is 12.4 Å². The number of aromatic amines is 1. The molecule has 1 aromatic heterocycles. The number of H-pyrrole nitrogens is 1. The van der Waals surface area contributed by atoms with Gasteiger partial charge in [-0.1, -0.05) is 44.2 Å². The number of carbonyl (C=O) groups is 4. The Morgan fingerprint density at radius 1 is 1.00 bits per heavy atom. The number of nitrogens with two attached hydrogens (primary N) is 1. The maximum absolute atomic E-state index is 13.2. The fraction of sp³-hybridized carbons (Fsp3) is 0.480. The Labute approximate surface area is 220 Å². The summed E-state index contributed by atoms with van der Waals surface area (Å²) < 4.78 is 0. The van der Waals surface area contributed by atoms with Crippen molar-refractivity contribution in [3.63, 3.8) is 0 Å². The topological polar surface area (TPSA) is 179 Å². The van der Waals surface area contributed by atoms with Crippen LogP contribution >= 0.6 is 11.8 Å². The first-order chi connectivity index (χ1) is 17.6. The number of aliphatic carboxylic acids is 1. The lowest BCUT2D eigenvalue weighted by molar-refractivity contribution is -0.142. The molecule has 2 aromatic rings. The molecule has 0 radical (unpaired) electrons. The van der Waals surface area contributed by atoms with Crippen molar-refractivity contribution >= 4 is 35.5 Å². The molecule has 1 aromatic carbocycles. The molecular formula is C25H36N6O5S. The predicted molar refractivity (Wildman–Crippen MR) is 142 cm³/mol. The van der Waals surface area contributed by atoms with Crippen molar-refractivity contribution in [3.8, 4) is 0 Å². The van der Waals surface area contributed by atoms with E-state index >= 15 is 0 Å². The quantitative estimate of drug-likeness (QED) is 0.191. The number of hydrogen-bond acceptors (Lipinski definition) is 7. The first-order valence-corrected chi connectivity index (χ1v) is 13.4. The number of nitrogens with zero attached hydrogens (tertiary/aromatic N) is 1. The van der Waals surface area contributed by atoms with Gasteiger partial charge in [0.25, 0.3) is 0 Å². The van der Waals surface area contributed by atoms with E-state index in [0.29, 0.717) is 17.9 Å². The van der Waals surface area contributed by atoms with Gasteiger partial charge in [0.2, 0.25) is 17.7 Å². The molecule has 3 amide bonds. The van der Waals surface area contributed by atoms with E-state index in [9.17, 15) is 24.3 Å². The smallest absolute Gasteiger partial charge is 0.326 e. The third kappa shape index (κ3) is 9.89. The largest absolute Gasteiger partial charge is 0.480 e. The summed E-state index contributed by atoms with van der Waals surface area (Å²) in [5, 5.41) is 17.6. The van der Waals surface area contributed by atoms with Crippen molar-refractivity contribution in [2.75, 3.05) is 12.0 Å². The van der Waals surface area contributed by atoms with E-state index in [1.165, 1.54) is 18.1 Å². The number of thioether (sulfide) groups is 1. The Morgan fingerprint density at radius 2 is 1.68 bits per heavy atom. The first kappa shape index (κ1) is 29.8. The van der Waals surface area contributed by atoms with Gasteiger partial charge in [0, 0.05) is 24.7 Å². The molecule has 0 bridgehead atoms. The van der Waals surface area contributed by atoms with Crippen molar-refractivity contribution in [2.24, 2.45) is 11.7 Å². The third-order valence-corrected chi connectivity index (χ3v) is 6.36. The fourth-order valence-corrected chi connectivity index (χ4v) is 4.08. The number of amides is 3. The van der Waals surface area contributed by atoms with Crippen LogP contribution in [0, 0.1) is 5.92 Å². The summed E-state index contributed by atoms with van der Waals surface area (Å²) >= 11 is 1.51. The van der Waals surface area contributed by atoms with Crippen molar-refractivity contribution in [1.82, 2.24) is 25.9 Å². The molecule has 4 atom stereocenters. The Morgan fingerprint density at radius 3 is 2.24 bits per heavy atom. The van der Waals surface area contributed by atoms with Gasteiger partial charge in [-0.15, -0.1) is 0 Å². The highest BCUT2D eigenvalue weighted by Crippen LogP contribution is 2.09. The van der Waals surface area contributed by atoms with Crippen LogP contribution in [0.25, 0.3) is 0 Å². The molecule has 12 heteroatoms. The molecule has 2 rings (SSSR count). The molecule has 11 nitrogen and oxygen atoms in total. The number of nitrogens with one attached hydrogen (secondary N) is 4. The van der Waals surface area contributed by atoms with Gasteiger partial charge < -0.3 is 31.8 Å². The molecule has 0 spiro atoms. The van der Waals surface area contributed by atoms with E-state index in [1.54, 1.807) is 44.3 Å². The van der Waals surface area contributed by atoms with Crippen LogP contribution in [0.3, 0.4) is 0 Å². The second-order valence-electron chi connectivity index (χ2n) is 9.05. The summed E-state index contributed by atoms with van der Waals surface area (Å²) in [6.07, 6.45) is 5.58. The first-order valence-electron chi connectivity index (χ1n) is 12.0. The Balaban J connectivity index is 2.07. The second-order valence-corrected chi connectivity index (χ2v) is 10.0. The van der Waals surface area contributed by atoms with Gasteiger partial charge in [-0.05, 0) is 29.9 Å². The summed E-state index contributed by atoms with van der Waals surface area (Å²) in [5.41, 5.74) is 7.46. The number of imidazole rings is 1. The average molecular weight is 533 g/mol. The van der Waals surface area contributed by atoms with E-state index in [0.717, 1.165) is 5.56 Å². The van der Waals surface area contributed by atoms with Crippen molar-refractivity contribution < 1.29 is 24.3 Å². The number of carboxylic acid groups (broad SMARTS) is 1. The van der Waals surface area contributed by atoms with Crippen molar-refractivity contribution in [1.29, 1.82) is 0 Å². The van der Waals surface area contributed by atoms with Crippen molar-refractivity contribution in [2.45, 2.75) is 57.3 Å². The normalized spacial score (nSPS) is 14.3. The van der Waals surface area contributed by atoms with Crippen molar-refractivity contribution in [3.05, 3.63) is 54.1 Å². The summed E-state index contributed by atoms with van der Waals surface area (Å²) in [4.78, 5) is 57.5. The number of carbonyl (C=O) groups excluding carboxylic acids is 3. The molecule has 1 heterocycles. The van der Waals surface area contributed by atoms with E-state index < -0.39 is 47.9 Å². The van der Waals surface area contributed by atoms with Gasteiger partial charge in [-0.2, -0.15) is 11.8 Å². The van der Waals surface area contributed by atoms with Gasteiger partial charge in [0.1, 0.15) is 18.1 Å². The molecule has 37 heavy (non-hydrogen) atoms. The second kappa shape index (κ2) is 15.0. The minimum atomic E-state index is -1.18.